The van der Waals surface area contributed by atoms with E-state index in [1.807, 2.05) is 0 Å². The molecule has 1 aromatic heterocycles. The standard InChI is InChI=1S/C16H13ClN2O3S/c1-11-4-2-3-5-15(11)23(20,21)19-16-10-14(18-22-16)12-6-8-13(17)9-7-12/h2-10,19H,1H3. The molecule has 3 rings (SSSR count). The van der Waals surface area contributed by atoms with Crippen LogP contribution in [0.2, 0.25) is 5.02 Å². The molecule has 23 heavy (non-hydrogen) atoms. The van der Waals surface area contributed by atoms with Gasteiger partial charge < -0.3 is 4.52 Å². The molecule has 0 amide bonds. The molecule has 0 saturated carbocycles. The Morgan fingerprint density at radius 3 is 2.48 bits per heavy atom. The Kier molecular flexibility index (Phi) is 4.11. The molecule has 0 aliphatic carbocycles. The van der Waals surface area contributed by atoms with Crippen LogP contribution in [-0.4, -0.2) is 13.6 Å². The van der Waals surface area contributed by atoms with Crippen LogP contribution >= 0.6 is 11.6 Å². The summed E-state index contributed by atoms with van der Waals surface area (Å²) in [5, 5.41) is 4.48. The fourth-order valence-corrected chi connectivity index (χ4v) is 3.47. The summed E-state index contributed by atoms with van der Waals surface area (Å²) < 4.78 is 32.3. The number of benzene rings is 2. The van der Waals surface area contributed by atoms with Gasteiger partial charge in [-0.15, -0.1) is 0 Å². The molecule has 7 heteroatoms. The smallest absolute Gasteiger partial charge is 0.264 e. The van der Waals surface area contributed by atoms with Crippen LogP contribution < -0.4 is 4.72 Å². The number of hydrogen-bond acceptors (Lipinski definition) is 4. The number of rotatable bonds is 4. The first kappa shape index (κ1) is 15.6. The number of aromatic nitrogens is 1. The number of anilines is 1. The highest BCUT2D eigenvalue weighted by Crippen LogP contribution is 2.25. The Bertz CT molecular complexity index is 934. The van der Waals surface area contributed by atoms with Crippen molar-refractivity contribution in [2.45, 2.75) is 11.8 Å². The van der Waals surface area contributed by atoms with Crippen LogP contribution in [0.25, 0.3) is 11.3 Å². The van der Waals surface area contributed by atoms with Crippen molar-refractivity contribution in [2.75, 3.05) is 4.72 Å². The van der Waals surface area contributed by atoms with E-state index in [1.165, 1.54) is 12.1 Å². The first-order valence-electron chi connectivity index (χ1n) is 6.77. The van der Waals surface area contributed by atoms with Crippen molar-refractivity contribution in [1.82, 2.24) is 5.16 Å². The molecule has 0 aliphatic rings. The van der Waals surface area contributed by atoms with Crippen molar-refractivity contribution < 1.29 is 12.9 Å². The number of nitrogens with zero attached hydrogens (tertiary/aromatic N) is 1. The second-order valence-electron chi connectivity index (χ2n) is 4.95. The first-order valence-corrected chi connectivity index (χ1v) is 8.63. The zero-order valence-corrected chi connectivity index (χ0v) is 13.7. The summed E-state index contributed by atoms with van der Waals surface area (Å²) >= 11 is 5.84. The molecule has 2 aromatic carbocycles. The van der Waals surface area contributed by atoms with E-state index in [2.05, 4.69) is 9.88 Å². The molecule has 0 radical (unpaired) electrons. The van der Waals surface area contributed by atoms with Crippen molar-refractivity contribution in [2.24, 2.45) is 0 Å². The van der Waals surface area contributed by atoms with Gasteiger partial charge >= 0.3 is 0 Å². The lowest BCUT2D eigenvalue weighted by Gasteiger charge is -2.06. The Balaban J connectivity index is 1.87. The molecular weight excluding hydrogens is 336 g/mol. The van der Waals surface area contributed by atoms with Gasteiger partial charge in [-0.3, -0.25) is 0 Å². The summed E-state index contributed by atoms with van der Waals surface area (Å²) in [6.45, 7) is 1.73. The van der Waals surface area contributed by atoms with Crippen molar-refractivity contribution in [3.63, 3.8) is 0 Å². The van der Waals surface area contributed by atoms with Gasteiger partial charge in [-0.05, 0) is 30.7 Å². The molecule has 118 valence electrons. The van der Waals surface area contributed by atoms with Crippen LogP contribution in [0.3, 0.4) is 0 Å². The molecule has 3 aromatic rings. The molecule has 0 atom stereocenters. The maximum absolute atomic E-state index is 12.4. The largest absolute Gasteiger partial charge is 0.337 e. The monoisotopic (exact) mass is 348 g/mol. The molecule has 0 fully saturated rings. The summed E-state index contributed by atoms with van der Waals surface area (Å²) in [6, 6.07) is 15.2. The highest BCUT2D eigenvalue weighted by Gasteiger charge is 2.19. The number of halogens is 1. The zero-order chi connectivity index (χ0) is 16.4. The number of aryl methyl sites for hydroxylation is 1. The van der Waals surface area contributed by atoms with Crippen molar-refractivity contribution in [1.29, 1.82) is 0 Å². The first-order chi connectivity index (χ1) is 11.0. The van der Waals surface area contributed by atoms with Gasteiger partial charge in [-0.1, -0.05) is 47.1 Å². The topological polar surface area (TPSA) is 72.2 Å². The van der Waals surface area contributed by atoms with Crippen LogP contribution in [-0.2, 0) is 10.0 Å². The molecule has 1 N–H and O–H groups in total. The molecule has 0 spiro atoms. The third kappa shape index (κ3) is 3.38. The predicted octanol–water partition coefficient (Wildman–Crippen LogP) is 4.10. The van der Waals surface area contributed by atoms with E-state index >= 15 is 0 Å². The Morgan fingerprint density at radius 1 is 1.09 bits per heavy atom. The zero-order valence-electron chi connectivity index (χ0n) is 12.2. The van der Waals surface area contributed by atoms with E-state index in [-0.39, 0.29) is 10.8 Å². The van der Waals surface area contributed by atoms with Crippen LogP contribution in [0.15, 0.2) is 64.0 Å². The summed E-state index contributed by atoms with van der Waals surface area (Å²) in [7, 11) is -3.72. The fraction of sp³-hybridized carbons (Fsp3) is 0.0625. The summed E-state index contributed by atoms with van der Waals surface area (Å²) in [5.74, 6) is 0.0539. The number of nitrogens with one attached hydrogen (secondary N) is 1. The van der Waals surface area contributed by atoms with E-state index in [9.17, 15) is 8.42 Å². The summed E-state index contributed by atoms with van der Waals surface area (Å²) in [5.41, 5.74) is 1.95. The minimum absolute atomic E-state index is 0.0539. The third-order valence-corrected chi connectivity index (χ3v) is 5.03. The van der Waals surface area contributed by atoms with E-state index in [4.69, 9.17) is 16.1 Å². The average molecular weight is 349 g/mol. The fourth-order valence-electron chi connectivity index (χ4n) is 2.13. The Labute approximate surface area is 138 Å². The Morgan fingerprint density at radius 2 is 1.78 bits per heavy atom. The highest BCUT2D eigenvalue weighted by molar-refractivity contribution is 7.92. The number of hydrogen-bond donors (Lipinski definition) is 1. The molecule has 1 heterocycles. The highest BCUT2D eigenvalue weighted by atomic mass is 35.5. The van der Waals surface area contributed by atoms with E-state index in [0.29, 0.717) is 16.3 Å². The quantitative estimate of drug-likeness (QED) is 0.770. The molecule has 0 unspecified atom stereocenters. The number of sulfonamides is 1. The van der Waals surface area contributed by atoms with Gasteiger partial charge in [0.1, 0.15) is 5.69 Å². The summed E-state index contributed by atoms with van der Waals surface area (Å²) in [6.07, 6.45) is 0. The molecule has 5 nitrogen and oxygen atoms in total. The lowest BCUT2D eigenvalue weighted by molar-refractivity contribution is 0.438. The van der Waals surface area contributed by atoms with Crippen LogP contribution in [0.1, 0.15) is 5.56 Å². The minimum atomic E-state index is -3.72. The van der Waals surface area contributed by atoms with Gasteiger partial charge in [-0.2, -0.15) is 0 Å². The van der Waals surface area contributed by atoms with E-state index in [1.54, 1.807) is 49.4 Å². The van der Waals surface area contributed by atoms with Crippen molar-refractivity contribution in [3.05, 3.63) is 65.2 Å². The van der Waals surface area contributed by atoms with Crippen LogP contribution in [0.4, 0.5) is 5.88 Å². The van der Waals surface area contributed by atoms with Crippen molar-refractivity contribution in [3.8, 4) is 11.3 Å². The minimum Gasteiger partial charge on any atom is -0.337 e. The molecule has 0 saturated heterocycles. The summed E-state index contributed by atoms with van der Waals surface area (Å²) in [4.78, 5) is 0.199. The Hall–Kier alpha value is -2.31. The van der Waals surface area contributed by atoms with Gasteiger partial charge in [0.05, 0.1) is 4.90 Å². The second kappa shape index (κ2) is 6.06. The van der Waals surface area contributed by atoms with Crippen LogP contribution in [0.5, 0.6) is 0 Å². The third-order valence-electron chi connectivity index (χ3n) is 3.27. The normalized spacial score (nSPS) is 11.4. The molecule has 0 aliphatic heterocycles. The average Bonchev–Trinajstić information content (AvgIpc) is 2.96. The van der Waals surface area contributed by atoms with Gasteiger partial charge in [0.15, 0.2) is 0 Å². The van der Waals surface area contributed by atoms with Gasteiger partial charge in [0.25, 0.3) is 10.0 Å². The lowest BCUT2D eigenvalue weighted by atomic mass is 10.1. The second-order valence-corrected chi connectivity index (χ2v) is 7.04. The maximum Gasteiger partial charge on any atom is 0.264 e. The maximum atomic E-state index is 12.4. The van der Waals surface area contributed by atoms with E-state index < -0.39 is 10.0 Å². The molecule has 0 bridgehead atoms. The van der Waals surface area contributed by atoms with Gasteiger partial charge in [0.2, 0.25) is 5.88 Å². The molecular formula is C16H13ClN2O3S. The van der Waals surface area contributed by atoms with Gasteiger partial charge in [-0.25, -0.2) is 13.1 Å². The van der Waals surface area contributed by atoms with Crippen LogP contribution in [0, 0.1) is 6.92 Å². The van der Waals surface area contributed by atoms with E-state index in [0.717, 1.165) is 5.56 Å². The SMILES string of the molecule is Cc1ccccc1S(=O)(=O)Nc1cc(-c2ccc(Cl)cc2)no1. The lowest BCUT2D eigenvalue weighted by Crippen LogP contribution is -2.13. The van der Waals surface area contributed by atoms with Crippen molar-refractivity contribution >= 4 is 27.5 Å². The predicted molar refractivity (Wildman–Crippen MR) is 88.9 cm³/mol. The van der Waals surface area contributed by atoms with Gasteiger partial charge in [0, 0.05) is 16.7 Å².